The summed E-state index contributed by atoms with van der Waals surface area (Å²) >= 11 is 5.99. The molecule has 1 unspecified atom stereocenters. The molecular formula is C11H13ClN2O. The third-order valence-corrected chi connectivity index (χ3v) is 3.19. The largest absolute Gasteiger partial charge is 0.370 e. The maximum Gasteiger partial charge on any atom is 0.249 e. The molecule has 0 saturated heterocycles. The average Bonchev–Trinajstić information content (AvgIpc) is 2.21. The highest BCUT2D eigenvalue weighted by Crippen LogP contribution is 2.37. The first-order valence-electron chi connectivity index (χ1n) is 4.95. The second-order valence-electron chi connectivity index (χ2n) is 3.93. The van der Waals surface area contributed by atoms with E-state index in [0.29, 0.717) is 10.7 Å². The predicted octanol–water partition coefficient (Wildman–Crippen LogP) is 2.87. The van der Waals surface area contributed by atoms with E-state index in [9.17, 15) is 4.79 Å². The number of para-hydroxylation sites is 1. The first-order valence-corrected chi connectivity index (χ1v) is 5.33. The summed E-state index contributed by atoms with van der Waals surface area (Å²) < 4.78 is 0. The Labute approximate surface area is 93.8 Å². The van der Waals surface area contributed by atoms with Crippen LogP contribution in [0, 0.1) is 0 Å². The predicted molar refractivity (Wildman–Crippen MR) is 62.4 cm³/mol. The van der Waals surface area contributed by atoms with Gasteiger partial charge in [-0.15, -0.1) is 0 Å². The van der Waals surface area contributed by atoms with E-state index in [-0.39, 0.29) is 5.91 Å². The zero-order valence-electron chi connectivity index (χ0n) is 8.73. The molecule has 1 heterocycles. The number of amides is 1. The van der Waals surface area contributed by atoms with Crippen LogP contribution in [0.4, 0.5) is 11.4 Å². The van der Waals surface area contributed by atoms with E-state index >= 15 is 0 Å². The molecule has 1 amide bonds. The molecule has 1 aliphatic rings. The molecule has 1 aromatic rings. The lowest BCUT2D eigenvalue weighted by atomic mass is 9.94. The summed E-state index contributed by atoms with van der Waals surface area (Å²) in [6.45, 7) is 3.86. The lowest BCUT2D eigenvalue weighted by Gasteiger charge is -2.35. The van der Waals surface area contributed by atoms with Crippen molar-refractivity contribution < 1.29 is 4.79 Å². The van der Waals surface area contributed by atoms with Crippen LogP contribution >= 0.6 is 11.6 Å². The van der Waals surface area contributed by atoms with Gasteiger partial charge in [0.2, 0.25) is 5.91 Å². The van der Waals surface area contributed by atoms with Crippen LogP contribution in [0.3, 0.4) is 0 Å². The van der Waals surface area contributed by atoms with Crippen LogP contribution in [0.15, 0.2) is 18.2 Å². The van der Waals surface area contributed by atoms with Gasteiger partial charge in [-0.05, 0) is 25.5 Å². The molecule has 3 nitrogen and oxygen atoms in total. The van der Waals surface area contributed by atoms with Gasteiger partial charge in [0.1, 0.15) is 5.54 Å². The summed E-state index contributed by atoms with van der Waals surface area (Å²) in [6.07, 6.45) is 0.727. The fourth-order valence-electron chi connectivity index (χ4n) is 1.61. The highest BCUT2D eigenvalue weighted by Gasteiger charge is 2.36. The number of hydrogen-bond donors (Lipinski definition) is 2. The molecule has 0 aliphatic carbocycles. The van der Waals surface area contributed by atoms with E-state index < -0.39 is 5.54 Å². The second-order valence-corrected chi connectivity index (χ2v) is 4.33. The summed E-state index contributed by atoms with van der Waals surface area (Å²) in [6, 6.07) is 5.53. The summed E-state index contributed by atoms with van der Waals surface area (Å²) in [5.41, 5.74) is 1.01. The van der Waals surface area contributed by atoms with E-state index in [1.54, 1.807) is 6.07 Å². The van der Waals surface area contributed by atoms with Gasteiger partial charge in [0, 0.05) is 0 Å². The Bertz CT molecular complexity index is 419. The highest BCUT2D eigenvalue weighted by atomic mass is 35.5. The quantitative estimate of drug-likeness (QED) is 0.770. The van der Waals surface area contributed by atoms with Crippen molar-refractivity contribution in [2.45, 2.75) is 25.8 Å². The molecule has 80 valence electrons. The van der Waals surface area contributed by atoms with Gasteiger partial charge in [-0.2, -0.15) is 0 Å². The monoisotopic (exact) mass is 224 g/mol. The van der Waals surface area contributed by atoms with Gasteiger partial charge < -0.3 is 10.6 Å². The normalized spacial score (nSPS) is 24.1. The number of anilines is 2. The van der Waals surface area contributed by atoms with Crippen LogP contribution in [0.2, 0.25) is 5.02 Å². The molecule has 1 atom stereocenters. The number of nitrogens with one attached hydrogen (secondary N) is 2. The first-order chi connectivity index (χ1) is 7.07. The zero-order chi connectivity index (χ0) is 11.1. The molecule has 4 heteroatoms. The van der Waals surface area contributed by atoms with Crippen LogP contribution in [-0.2, 0) is 4.79 Å². The van der Waals surface area contributed by atoms with Crippen molar-refractivity contribution in [2.24, 2.45) is 0 Å². The van der Waals surface area contributed by atoms with Crippen LogP contribution in [-0.4, -0.2) is 11.4 Å². The minimum absolute atomic E-state index is 0.0365. The first kappa shape index (κ1) is 10.3. The molecule has 0 aromatic heterocycles. The fourth-order valence-corrected chi connectivity index (χ4v) is 1.83. The van der Waals surface area contributed by atoms with Crippen molar-refractivity contribution >= 4 is 28.9 Å². The van der Waals surface area contributed by atoms with Gasteiger partial charge in [0.05, 0.1) is 16.4 Å². The van der Waals surface area contributed by atoms with Crippen LogP contribution in [0.5, 0.6) is 0 Å². The smallest absolute Gasteiger partial charge is 0.249 e. The molecule has 0 radical (unpaired) electrons. The van der Waals surface area contributed by atoms with E-state index in [1.165, 1.54) is 0 Å². The molecule has 0 fully saturated rings. The third-order valence-electron chi connectivity index (χ3n) is 2.87. The minimum atomic E-state index is -0.544. The Morgan fingerprint density at radius 3 is 2.87 bits per heavy atom. The lowest BCUT2D eigenvalue weighted by Crippen LogP contribution is -2.49. The maximum atomic E-state index is 11.8. The van der Waals surface area contributed by atoms with E-state index in [0.717, 1.165) is 12.1 Å². The highest BCUT2D eigenvalue weighted by molar-refractivity contribution is 6.35. The number of benzene rings is 1. The summed E-state index contributed by atoms with van der Waals surface area (Å²) in [4.78, 5) is 11.8. The van der Waals surface area contributed by atoms with E-state index in [1.807, 2.05) is 26.0 Å². The fraction of sp³-hybridized carbons (Fsp3) is 0.364. The Morgan fingerprint density at radius 1 is 1.47 bits per heavy atom. The number of fused-ring (bicyclic) bond motifs is 1. The Balaban J connectivity index is 2.47. The number of hydrogen-bond acceptors (Lipinski definition) is 2. The van der Waals surface area contributed by atoms with Crippen LogP contribution < -0.4 is 10.6 Å². The topological polar surface area (TPSA) is 41.1 Å². The lowest BCUT2D eigenvalue weighted by molar-refractivity contribution is -0.120. The molecule has 0 spiro atoms. The summed E-state index contributed by atoms with van der Waals surface area (Å²) in [7, 11) is 0. The van der Waals surface area contributed by atoms with Crippen molar-refractivity contribution in [1.29, 1.82) is 0 Å². The molecule has 1 aliphatic heterocycles. The van der Waals surface area contributed by atoms with Gasteiger partial charge in [-0.25, -0.2) is 0 Å². The molecule has 15 heavy (non-hydrogen) atoms. The molecule has 0 saturated carbocycles. The summed E-state index contributed by atoms with van der Waals surface area (Å²) in [5, 5.41) is 6.62. The number of carbonyl (C=O) groups is 1. The average molecular weight is 225 g/mol. The Hall–Kier alpha value is -1.22. The maximum absolute atomic E-state index is 11.8. The zero-order valence-corrected chi connectivity index (χ0v) is 9.48. The minimum Gasteiger partial charge on any atom is -0.370 e. The van der Waals surface area contributed by atoms with Crippen LogP contribution in [0.25, 0.3) is 0 Å². The van der Waals surface area contributed by atoms with Crippen molar-refractivity contribution in [2.75, 3.05) is 10.6 Å². The van der Waals surface area contributed by atoms with Gasteiger partial charge >= 0.3 is 0 Å². The number of rotatable bonds is 1. The Kier molecular flexibility index (Phi) is 2.35. The van der Waals surface area contributed by atoms with E-state index in [2.05, 4.69) is 10.6 Å². The second kappa shape index (κ2) is 3.42. The SMILES string of the molecule is CCC1(C)Nc2cccc(Cl)c2NC1=O. The number of carbonyl (C=O) groups excluding carboxylic acids is 1. The molecule has 0 bridgehead atoms. The van der Waals surface area contributed by atoms with Gasteiger partial charge in [0.15, 0.2) is 0 Å². The van der Waals surface area contributed by atoms with Crippen LogP contribution in [0.1, 0.15) is 20.3 Å². The van der Waals surface area contributed by atoms with Crippen molar-refractivity contribution in [3.05, 3.63) is 23.2 Å². The molecule has 2 N–H and O–H groups in total. The van der Waals surface area contributed by atoms with Gasteiger partial charge in [-0.1, -0.05) is 24.6 Å². The third kappa shape index (κ3) is 1.57. The standard InChI is InChI=1S/C11H13ClN2O/c1-3-11(2)10(15)13-9-7(12)5-4-6-8(9)14-11/h4-6,14H,3H2,1-2H3,(H,13,15). The van der Waals surface area contributed by atoms with Gasteiger partial charge in [0.25, 0.3) is 0 Å². The van der Waals surface area contributed by atoms with Crippen molar-refractivity contribution in [1.82, 2.24) is 0 Å². The molecule has 1 aromatic carbocycles. The van der Waals surface area contributed by atoms with Crippen molar-refractivity contribution in [3.8, 4) is 0 Å². The number of halogens is 1. The van der Waals surface area contributed by atoms with Gasteiger partial charge in [-0.3, -0.25) is 4.79 Å². The van der Waals surface area contributed by atoms with E-state index in [4.69, 9.17) is 11.6 Å². The summed E-state index contributed by atoms with van der Waals surface area (Å²) in [5.74, 6) is -0.0365. The molecular weight excluding hydrogens is 212 g/mol. The molecule has 2 rings (SSSR count). The Morgan fingerprint density at radius 2 is 2.20 bits per heavy atom. The van der Waals surface area contributed by atoms with Crippen molar-refractivity contribution in [3.63, 3.8) is 0 Å².